The van der Waals surface area contributed by atoms with Crippen molar-refractivity contribution in [1.82, 2.24) is 5.32 Å². The molecular formula is C34H49NO4. The van der Waals surface area contributed by atoms with Gasteiger partial charge < -0.3 is 15.2 Å². The van der Waals surface area contributed by atoms with Gasteiger partial charge in [-0.05, 0) is 105 Å². The highest BCUT2D eigenvalue weighted by molar-refractivity contribution is 6.06. The summed E-state index contributed by atoms with van der Waals surface area (Å²) in [6.07, 6.45) is 16.4. The van der Waals surface area contributed by atoms with E-state index in [0.717, 1.165) is 68.9 Å². The zero-order valence-corrected chi connectivity index (χ0v) is 25.3. The minimum atomic E-state index is -0.278. The highest BCUT2D eigenvalue weighted by Gasteiger charge is 2.66. The number of unbranched alkanes of at least 4 members (excludes halogenated alkanes) is 2. The molecule has 0 aromatic rings. The van der Waals surface area contributed by atoms with E-state index in [1.165, 1.54) is 12.0 Å². The van der Waals surface area contributed by atoms with E-state index >= 15 is 0 Å². The number of allylic oxidation sites excluding steroid dienone is 7. The van der Waals surface area contributed by atoms with Gasteiger partial charge in [0.2, 0.25) is 5.78 Å². The van der Waals surface area contributed by atoms with Gasteiger partial charge in [-0.2, -0.15) is 0 Å². The first-order chi connectivity index (χ1) is 18.2. The van der Waals surface area contributed by atoms with Crippen molar-refractivity contribution in [3.05, 3.63) is 46.3 Å². The van der Waals surface area contributed by atoms with Crippen LogP contribution in [0.5, 0.6) is 0 Å². The first-order valence-electron chi connectivity index (χ1n) is 15.3. The fourth-order valence-corrected chi connectivity index (χ4v) is 9.37. The Bertz CT molecular complexity index is 1210. The van der Waals surface area contributed by atoms with Crippen LogP contribution in [0.25, 0.3) is 0 Å². The molecule has 0 unspecified atom stereocenters. The number of aliphatic hydroxyl groups excluding tert-OH is 1. The molecule has 0 aromatic carbocycles. The number of hydrogen-bond donors (Lipinski definition) is 2. The first kappa shape index (κ1) is 28.2. The Kier molecular flexibility index (Phi) is 6.79. The summed E-state index contributed by atoms with van der Waals surface area (Å²) in [4.78, 5) is 25.5. The maximum Gasteiger partial charge on any atom is 0.407 e. The van der Waals surface area contributed by atoms with Crippen molar-refractivity contribution < 1.29 is 19.4 Å². The molecule has 5 nitrogen and oxygen atoms in total. The molecule has 214 valence electrons. The first-order valence-corrected chi connectivity index (χ1v) is 15.3. The van der Waals surface area contributed by atoms with Crippen LogP contribution < -0.4 is 5.32 Å². The van der Waals surface area contributed by atoms with Crippen LogP contribution in [0.1, 0.15) is 113 Å². The quantitative estimate of drug-likeness (QED) is 0.347. The Balaban J connectivity index is 1.46. The molecule has 5 aliphatic carbocycles. The van der Waals surface area contributed by atoms with E-state index in [9.17, 15) is 14.7 Å². The molecule has 0 spiro atoms. The van der Waals surface area contributed by atoms with Crippen LogP contribution in [0.2, 0.25) is 0 Å². The molecule has 6 atom stereocenters. The Morgan fingerprint density at radius 1 is 1.03 bits per heavy atom. The lowest BCUT2D eigenvalue weighted by molar-refractivity contribution is -0.153. The molecule has 1 amide bonds. The molecule has 0 bridgehead atoms. The standard InChI is InChI=1S/C34H49NO4/c1-8-9-10-19-39-29(38)35-31(4)15-13-30(3)14-17-33(6)26-12-11-23-22(2)28(37)25(36)20-24(23)32(26,5)16-18-34(33,7)27(30)21-31/h11-12,20,27,37H,8-10,13-19,21H2,1-7H3,(H,35,38)/t27-,30-,31-,32+,33-,34+/m1/s1. The molecule has 5 heteroatoms. The molecule has 2 N–H and O–H groups in total. The largest absolute Gasteiger partial charge is 0.504 e. The second-order valence-corrected chi connectivity index (χ2v) is 14.6. The molecule has 0 heterocycles. The van der Waals surface area contributed by atoms with Crippen molar-refractivity contribution in [3.8, 4) is 0 Å². The third-order valence-electron chi connectivity index (χ3n) is 12.3. The lowest BCUT2D eigenvalue weighted by Crippen LogP contribution is -2.64. The zero-order chi connectivity index (χ0) is 28.4. The summed E-state index contributed by atoms with van der Waals surface area (Å²) in [5.41, 5.74) is 4.02. The van der Waals surface area contributed by atoms with E-state index in [1.54, 1.807) is 6.08 Å². The second kappa shape index (κ2) is 9.38. The van der Waals surface area contributed by atoms with E-state index in [2.05, 4.69) is 59.0 Å². The van der Waals surface area contributed by atoms with Gasteiger partial charge >= 0.3 is 6.09 Å². The number of aliphatic hydroxyl groups is 1. The number of ether oxygens (including phenoxy) is 1. The fourth-order valence-electron chi connectivity index (χ4n) is 9.37. The summed E-state index contributed by atoms with van der Waals surface area (Å²) in [5.74, 6) is 0.0718. The summed E-state index contributed by atoms with van der Waals surface area (Å²) in [7, 11) is 0. The smallest absolute Gasteiger partial charge is 0.407 e. The Labute approximate surface area is 235 Å². The van der Waals surface area contributed by atoms with Gasteiger partial charge in [-0.3, -0.25) is 4.79 Å². The molecule has 5 rings (SSSR count). The zero-order valence-electron chi connectivity index (χ0n) is 25.3. The molecule has 0 radical (unpaired) electrons. The SMILES string of the molecule is CCCCCOC(=O)N[C@]1(C)CC[C@]2(C)CC[C@]3(C)C4=CC=C5C(=CC(=O)C(O)=C5C)[C@]4(C)CC[C@@]3(C)[C@@H]2C1. The number of fused-ring (bicyclic) bond motifs is 7. The van der Waals surface area contributed by atoms with Gasteiger partial charge in [0.25, 0.3) is 0 Å². The van der Waals surface area contributed by atoms with Gasteiger partial charge in [-0.15, -0.1) is 0 Å². The topological polar surface area (TPSA) is 75.6 Å². The van der Waals surface area contributed by atoms with Crippen molar-refractivity contribution in [1.29, 1.82) is 0 Å². The minimum absolute atomic E-state index is 0.0217. The van der Waals surface area contributed by atoms with Gasteiger partial charge in [0.05, 0.1) is 6.61 Å². The number of ketones is 1. The number of carbonyl (C=O) groups excluding carboxylic acids is 2. The van der Waals surface area contributed by atoms with Crippen LogP contribution in [-0.2, 0) is 9.53 Å². The van der Waals surface area contributed by atoms with Gasteiger partial charge in [-0.25, -0.2) is 4.79 Å². The Morgan fingerprint density at radius 2 is 1.74 bits per heavy atom. The maximum atomic E-state index is 12.8. The summed E-state index contributed by atoms with van der Waals surface area (Å²) in [6.45, 7) is 16.5. The molecule has 5 aliphatic rings. The van der Waals surface area contributed by atoms with Gasteiger partial charge in [0.1, 0.15) is 0 Å². The number of carbonyl (C=O) groups is 2. The molecule has 3 saturated carbocycles. The monoisotopic (exact) mass is 535 g/mol. The van der Waals surface area contributed by atoms with Crippen molar-refractivity contribution in [2.45, 2.75) is 118 Å². The average Bonchev–Trinajstić information content (AvgIpc) is 2.88. The molecule has 0 aromatic heterocycles. The number of hydrogen-bond acceptors (Lipinski definition) is 4. The van der Waals surface area contributed by atoms with E-state index in [0.29, 0.717) is 18.1 Å². The Morgan fingerprint density at radius 3 is 2.46 bits per heavy atom. The molecular weight excluding hydrogens is 486 g/mol. The summed E-state index contributed by atoms with van der Waals surface area (Å²) in [6, 6.07) is 0. The predicted octanol–water partition coefficient (Wildman–Crippen LogP) is 8.28. The molecule has 0 aliphatic heterocycles. The number of alkyl carbamates (subject to hydrolysis) is 1. The number of rotatable bonds is 5. The van der Waals surface area contributed by atoms with Crippen LogP contribution in [0, 0.1) is 27.6 Å². The lowest BCUT2D eigenvalue weighted by Gasteiger charge is -2.70. The molecule has 0 saturated heterocycles. The molecule has 3 fully saturated rings. The fraction of sp³-hybridized carbons (Fsp3) is 0.706. The van der Waals surface area contributed by atoms with E-state index in [4.69, 9.17) is 4.74 Å². The van der Waals surface area contributed by atoms with Crippen molar-refractivity contribution in [3.63, 3.8) is 0 Å². The van der Waals surface area contributed by atoms with E-state index in [-0.39, 0.29) is 44.8 Å². The summed E-state index contributed by atoms with van der Waals surface area (Å²) >= 11 is 0. The van der Waals surface area contributed by atoms with Crippen molar-refractivity contribution >= 4 is 11.9 Å². The van der Waals surface area contributed by atoms with Crippen molar-refractivity contribution in [2.24, 2.45) is 27.6 Å². The van der Waals surface area contributed by atoms with Gasteiger partial charge in [0, 0.05) is 16.5 Å². The number of nitrogens with one attached hydrogen (secondary N) is 1. The highest BCUT2D eigenvalue weighted by Crippen LogP contribution is 2.75. The summed E-state index contributed by atoms with van der Waals surface area (Å²) in [5, 5.41) is 13.7. The third kappa shape index (κ3) is 4.16. The lowest BCUT2D eigenvalue weighted by atomic mass is 9.35. The van der Waals surface area contributed by atoms with Crippen molar-refractivity contribution in [2.75, 3.05) is 6.61 Å². The van der Waals surface area contributed by atoms with E-state index in [1.807, 2.05) is 6.92 Å². The van der Waals surface area contributed by atoms with Gasteiger partial charge in [-0.1, -0.05) is 65.2 Å². The van der Waals surface area contributed by atoms with E-state index < -0.39 is 0 Å². The van der Waals surface area contributed by atoms with Crippen LogP contribution in [0.4, 0.5) is 4.79 Å². The Hall–Kier alpha value is -2.30. The molecule has 39 heavy (non-hydrogen) atoms. The van der Waals surface area contributed by atoms with Crippen LogP contribution in [0.15, 0.2) is 46.3 Å². The average molecular weight is 536 g/mol. The normalized spacial score (nSPS) is 41.3. The van der Waals surface area contributed by atoms with Crippen LogP contribution >= 0.6 is 0 Å². The summed E-state index contributed by atoms with van der Waals surface area (Å²) < 4.78 is 5.56. The number of amides is 1. The van der Waals surface area contributed by atoms with Gasteiger partial charge in [0.15, 0.2) is 5.76 Å². The highest BCUT2D eigenvalue weighted by atomic mass is 16.5. The maximum absolute atomic E-state index is 12.8. The second-order valence-electron chi connectivity index (χ2n) is 14.6. The van der Waals surface area contributed by atoms with Crippen LogP contribution in [-0.4, -0.2) is 29.1 Å². The predicted molar refractivity (Wildman–Crippen MR) is 155 cm³/mol. The van der Waals surface area contributed by atoms with Crippen LogP contribution in [0.3, 0.4) is 0 Å². The third-order valence-corrected chi connectivity index (χ3v) is 12.3. The minimum Gasteiger partial charge on any atom is -0.504 e.